The number of morpholine rings is 1. The summed E-state index contributed by atoms with van der Waals surface area (Å²) in [6, 6.07) is 7.41. The molecule has 0 saturated carbocycles. The predicted molar refractivity (Wildman–Crippen MR) is 106 cm³/mol. The summed E-state index contributed by atoms with van der Waals surface area (Å²) in [6.07, 6.45) is 1.63. The Bertz CT molecular complexity index is 982. The zero-order valence-corrected chi connectivity index (χ0v) is 16.0. The lowest BCUT2D eigenvalue weighted by atomic mass is 10.2. The van der Waals surface area contributed by atoms with Crippen molar-refractivity contribution in [2.45, 2.75) is 6.92 Å². The molecule has 1 aliphatic rings. The monoisotopic (exact) mass is 384 g/mol. The first-order valence-corrected chi connectivity index (χ1v) is 9.51. The van der Waals surface area contributed by atoms with Crippen LogP contribution >= 0.6 is 11.3 Å². The SMILES string of the molecule is COc1ccc(N2CCOCC2)c2sc(NC(=O)c3ccnc(C)c3)nc12. The van der Waals surface area contributed by atoms with Crippen molar-refractivity contribution in [2.75, 3.05) is 43.6 Å². The van der Waals surface area contributed by atoms with E-state index in [1.54, 1.807) is 25.4 Å². The van der Waals surface area contributed by atoms with Gasteiger partial charge in [-0.2, -0.15) is 0 Å². The van der Waals surface area contributed by atoms with Crippen LogP contribution < -0.4 is 15.0 Å². The molecular weight excluding hydrogens is 364 g/mol. The number of nitrogens with zero attached hydrogens (tertiary/aromatic N) is 3. The van der Waals surface area contributed by atoms with E-state index >= 15 is 0 Å². The number of carbonyl (C=O) groups is 1. The highest BCUT2D eigenvalue weighted by Gasteiger charge is 2.20. The van der Waals surface area contributed by atoms with Crippen molar-refractivity contribution >= 4 is 38.3 Å². The first-order valence-electron chi connectivity index (χ1n) is 8.70. The Balaban J connectivity index is 1.68. The van der Waals surface area contributed by atoms with Crippen LogP contribution in [0.2, 0.25) is 0 Å². The molecule has 7 nitrogen and oxygen atoms in total. The van der Waals surface area contributed by atoms with Crippen LogP contribution in [0.5, 0.6) is 5.75 Å². The van der Waals surface area contributed by atoms with Gasteiger partial charge in [-0.3, -0.25) is 15.1 Å². The van der Waals surface area contributed by atoms with Gasteiger partial charge in [-0.05, 0) is 31.2 Å². The largest absolute Gasteiger partial charge is 0.494 e. The van der Waals surface area contributed by atoms with Crippen molar-refractivity contribution in [1.29, 1.82) is 0 Å². The summed E-state index contributed by atoms with van der Waals surface area (Å²) in [5, 5.41) is 3.44. The van der Waals surface area contributed by atoms with Crippen molar-refractivity contribution < 1.29 is 14.3 Å². The van der Waals surface area contributed by atoms with Crippen molar-refractivity contribution in [1.82, 2.24) is 9.97 Å². The van der Waals surface area contributed by atoms with Crippen LogP contribution in [0.4, 0.5) is 10.8 Å². The predicted octanol–water partition coefficient (Wildman–Crippen LogP) is 3.10. The van der Waals surface area contributed by atoms with E-state index in [-0.39, 0.29) is 5.91 Å². The van der Waals surface area contributed by atoms with Crippen LogP contribution in [0.25, 0.3) is 10.2 Å². The van der Waals surface area contributed by atoms with Gasteiger partial charge in [0, 0.05) is 30.5 Å². The molecule has 0 spiro atoms. The van der Waals surface area contributed by atoms with Crippen molar-refractivity contribution in [3.8, 4) is 5.75 Å². The van der Waals surface area contributed by atoms with E-state index in [1.165, 1.54) is 11.3 Å². The fourth-order valence-electron chi connectivity index (χ4n) is 3.10. The van der Waals surface area contributed by atoms with Gasteiger partial charge in [0.15, 0.2) is 5.13 Å². The number of methoxy groups -OCH3 is 1. The standard InChI is InChI=1S/C19H20N4O3S/c1-12-11-13(5-6-20-12)18(24)22-19-21-16-15(25-2)4-3-14(17(16)27-19)23-7-9-26-10-8-23/h3-6,11H,7-10H2,1-2H3,(H,21,22,24). The average molecular weight is 384 g/mol. The van der Waals surface area contributed by atoms with Crippen LogP contribution in [0, 0.1) is 6.92 Å². The topological polar surface area (TPSA) is 76.6 Å². The summed E-state index contributed by atoms with van der Waals surface area (Å²) in [5.74, 6) is 0.491. The van der Waals surface area contributed by atoms with E-state index in [1.807, 2.05) is 19.1 Å². The average Bonchev–Trinajstić information content (AvgIpc) is 3.11. The molecule has 0 atom stereocenters. The summed E-state index contributed by atoms with van der Waals surface area (Å²) in [5.41, 5.74) is 3.20. The summed E-state index contributed by atoms with van der Waals surface area (Å²) in [4.78, 5) is 23.6. The van der Waals surface area contributed by atoms with Crippen LogP contribution in [0.1, 0.15) is 16.1 Å². The minimum absolute atomic E-state index is 0.202. The van der Waals surface area contributed by atoms with E-state index in [2.05, 4.69) is 20.2 Å². The number of fused-ring (bicyclic) bond motifs is 1. The number of nitrogens with one attached hydrogen (secondary N) is 1. The zero-order valence-electron chi connectivity index (χ0n) is 15.2. The van der Waals surface area contributed by atoms with E-state index in [4.69, 9.17) is 9.47 Å². The van der Waals surface area contributed by atoms with Gasteiger partial charge in [-0.1, -0.05) is 11.3 Å². The Morgan fingerprint density at radius 1 is 1.30 bits per heavy atom. The molecule has 4 rings (SSSR count). The number of amides is 1. The third kappa shape index (κ3) is 3.58. The zero-order chi connectivity index (χ0) is 18.8. The maximum atomic E-state index is 12.6. The van der Waals surface area contributed by atoms with E-state index in [0.717, 1.165) is 34.7 Å². The molecule has 3 heterocycles. The summed E-state index contributed by atoms with van der Waals surface area (Å²) >= 11 is 1.45. The van der Waals surface area contributed by atoms with E-state index in [0.29, 0.717) is 29.7 Å². The first kappa shape index (κ1) is 17.7. The summed E-state index contributed by atoms with van der Waals surface area (Å²) in [7, 11) is 1.63. The molecule has 140 valence electrons. The smallest absolute Gasteiger partial charge is 0.257 e. The maximum absolute atomic E-state index is 12.6. The molecule has 1 N–H and O–H groups in total. The van der Waals surface area contributed by atoms with Crippen molar-refractivity contribution in [2.24, 2.45) is 0 Å². The Hall–Kier alpha value is -2.71. The molecule has 0 aliphatic carbocycles. The summed E-state index contributed by atoms with van der Waals surface area (Å²) in [6.45, 7) is 4.93. The molecule has 1 fully saturated rings. The minimum Gasteiger partial charge on any atom is -0.494 e. The molecule has 0 radical (unpaired) electrons. The van der Waals surface area contributed by atoms with Crippen LogP contribution in [-0.4, -0.2) is 49.3 Å². The lowest BCUT2D eigenvalue weighted by Crippen LogP contribution is -2.36. The molecule has 27 heavy (non-hydrogen) atoms. The fraction of sp³-hybridized carbons (Fsp3) is 0.316. The third-order valence-electron chi connectivity index (χ3n) is 4.44. The Morgan fingerprint density at radius 3 is 2.85 bits per heavy atom. The lowest BCUT2D eigenvalue weighted by molar-refractivity contribution is 0.102. The molecule has 2 aromatic heterocycles. The second kappa shape index (κ2) is 7.50. The second-order valence-corrected chi connectivity index (χ2v) is 7.22. The van der Waals surface area contributed by atoms with Gasteiger partial charge in [-0.25, -0.2) is 4.98 Å². The lowest BCUT2D eigenvalue weighted by Gasteiger charge is -2.29. The Kier molecular flexibility index (Phi) is 4.91. The third-order valence-corrected chi connectivity index (χ3v) is 5.43. The maximum Gasteiger partial charge on any atom is 0.257 e. The number of aryl methyl sites for hydroxylation is 1. The van der Waals surface area contributed by atoms with Gasteiger partial charge in [-0.15, -0.1) is 0 Å². The van der Waals surface area contributed by atoms with E-state index in [9.17, 15) is 4.79 Å². The number of aromatic nitrogens is 2. The molecule has 1 amide bonds. The molecule has 1 aromatic carbocycles. The number of carbonyl (C=O) groups excluding carboxylic acids is 1. The molecule has 1 aliphatic heterocycles. The highest BCUT2D eigenvalue weighted by molar-refractivity contribution is 7.23. The van der Waals surface area contributed by atoms with Crippen LogP contribution in [0.3, 0.4) is 0 Å². The number of thiazole rings is 1. The van der Waals surface area contributed by atoms with Gasteiger partial charge in [0.1, 0.15) is 11.3 Å². The number of hydrogen-bond donors (Lipinski definition) is 1. The fourth-order valence-corrected chi connectivity index (χ4v) is 4.12. The van der Waals surface area contributed by atoms with Gasteiger partial charge in [0.2, 0.25) is 0 Å². The number of anilines is 2. The van der Waals surface area contributed by atoms with Gasteiger partial charge in [0.25, 0.3) is 5.91 Å². The Morgan fingerprint density at radius 2 is 2.11 bits per heavy atom. The Labute approximate surface area is 160 Å². The van der Waals surface area contributed by atoms with E-state index < -0.39 is 0 Å². The number of benzene rings is 1. The normalized spacial score (nSPS) is 14.4. The number of ether oxygens (including phenoxy) is 2. The molecular formula is C19H20N4O3S. The first-order chi connectivity index (χ1) is 13.2. The highest BCUT2D eigenvalue weighted by Crippen LogP contribution is 2.39. The number of hydrogen-bond acceptors (Lipinski definition) is 7. The van der Waals surface area contributed by atoms with Gasteiger partial charge >= 0.3 is 0 Å². The number of rotatable bonds is 4. The molecule has 3 aromatic rings. The summed E-state index contributed by atoms with van der Waals surface area (Å²) < 4.78 is 11.9. The van der Waals surface area contributed by atoms with Gasteiger partial charge < -0.3 is 14.4 Å². The highest BCUT2D eigenvalue weighted by atomic mass is 32.1. The molecule has 8 heteroatoms. The van der Waals surface area contributed by atoms with Crippen molar-refractivity contribution in [3.05, 3.63) is 41.7 Å². The minimum atomic E-state index is -0.202. The van der Waals surface area contributed by atoms with Gasteiger partial charge in [0.05, 0.1) is 30.7 Å². The van der Waals surface area contributed by atoms with Crippen LogP contribution in [-0.2, 0) is 4.74 Å². The van der Waals surface area contributed by atoms with Crippen molar-refractivity contribution in [3.63, 3.8) is 0 Å². The molecule has 1 saturated heterocycles. The quantitative estimate of drug-likeness (QED) is 0.745. The van der Waals surface area contributed by atoms with Crippen LogP contribution in [0.15, 0.2) is 30.5 Å². The number of pyridine rings is 1. The second-order valence-electron chi connectivity index (χ2n) is 6.22. The molecule has 0 unspecified atom stereocenters. The molecule has 0 bridgehead atoms.